The van der Waals surface area contributed by atoms with E-state index in [2.05, 4.69) is 54.2 Å². The van der Waals surface area contributed by atoms with Gasteiger partial charge in [0, 0.05) is 12.5 Å². The van der Waals surface area contributed by atoms with E-state index in [1.165, 1.54) is 22.3 Å². The highest BCUT2D eigenvalue weighted by molar-refractivity contribution is 7.51. The molecule has 3 N–H and O–H groups in total. The molecule has 5 nitrogen and oxygen atoms in total. The molecular weight excluding hydrogens is 453 g/mol. The second-order valence-corrected chi connectivity index (χ2v) is 11.1. The Kier molecular flexibility index (Phi) is 9.72. The average Bonchev–Trinajstić information content (AvgIpc) is 3.30. The fourth-order valence-corrected chi connectivity index (χ4v) is 5.09. The summed E-state index contributed by atoms with van der Waals surface area (Å²) < 4.78 is 16.8. The lowest BCUT2D eigenvalue weighted by Crippen LogP contribution is -2.15. The van der Waals surface area contributed by atoms with Crippen molar-refractivity contribution in [1.29, 1.82) is 0 Å². The third-order valence-electron chi connectivity index (χ3n) is 5.84. The zero-order chi connectivity index (χ0) is 23.7. The molecule has 0 bridgehead atoms. The molecule has 0 saturated carbocycles. The summed E-state index contributed by atoms with van der Waals surface area (Å²) >= 11 is 1.75. The van der Waals surface area contributed by atoms with E-state index < -0.39 is 7.60 Å². The Morgan fingerprint density at radius 2 is 1.79 bits per heavy atom. The first-order valence-corrected chi connectivity index (χ1v) is 14.1. The Hall–Kier alpha value is -1.95. The molecule has 0 aliphatic carbocycles. The monoisotopic (exact) mass is 487 g/mol. The number of benzene rings is 2. The molecule has 3 rings (SSSR count). The SMILES string of the molecule is Cc1ccc(C(CCCOc2ccc(CNCCCP(=O)(O)O)cc2)c2ccsc2)cc1C. The van der Waals surface area contributed by atoms with E-state index >= 15 is 0 Å². The first-order chi connectivity index (χ1) is 15.8. The van der Waals surface area contributed by atoms with E-state index in [1.54, 1.807) is 11.3 Å². The van der Waals surface area contributed by atoms with E-state index in [4.69, 9.17) is 14.5 Å². The largest absolute Gasteiger partial charge is 0.494 e. The van der Waals surface area contributed by atoms with Crippen molar-refractivity contribution in [1.82, 2.24) is 5.32 Å². The van der Waals surface area contributed by atoms with Crippen molar-refractivity contribution < 1.29 is 19.1 Å². The van der Waals surface area contributed by atoms with E-state index in [0.29, 0.717) is 32.0 Å². The molecule has 0 spiro atoms. The molecule has 0 aliphatic heterocycles. The topological polar surface area (TPSA) is 78.8 Å². The van der Waals surface area contributed by atoms with Gasteiger partial charge in [0.25, 0.3) is 0 Å². The highest BCUT2D eigenvalue weighted by Crippen LogP contribution is 2.34. The Labute approximate surface area is 201 Å². The number of hydrogen-bond acceptors (Lipinski definition) is 4. The van der Waals surface area contributed by atoms with Crippen LogP contribution in [0.25, 0.3) is 0 Å². The molecule has 0 radical (unpaired) electrons. The van der Waals surface area contributed by atoms with Gasteiger partial charge < -0.3 is 19.8 Å². The van der Waals surface area contributed by atoms with Crippen molar-refractivity contribution in [3.05, 3.63) is 87.1 Å². The van der Waals surface area contributed by atoms with Gasteiger partial charge in [-0.15, -0.1) is 0 Å². The van der Waals surface area contributed by atoms with Gasteiger partial charge in [0.1, 0.15) is 5.75 Å². The molecule has 33 heavy (non-hydrogen) atoms. The van der Waals surface area contributed by atoms with Crippen LogP contribution in [-0.4, -0.2) is 29.1 Å². The molecule has 0 amide bonds. The third kappa shape index (κ3) is 8.73. The summed E-state index contributed by atoms with van der Waals surface area (Å²) in [6.45, 7) is 6.24. The summed E-state index contributed by atoms with van der Waals surface area (Å²) in [6, 6.07) is 17.0. The van der Waals surface area contributed by atoms with Crippen LogP contribution in [0.5, 0.6) is 5.75 Å². The fourth-order valence-electron chi connectivity index (χ4n) is 3.80. The fraction of sp³-hybridized carbons (Fsp3) is 0.385. The molecular formula is C26H34NO4PS. The maximum absolute atomic E-state index is 10.9. The van der Waals surface area contributed by atoms with Crippen LogP contribution in [0.15, 0.2) is 59.3 Å². The second-order valence-electron chi connectivity index (χ2n) is 8.51. The number of rotatable bonds is 13. The van der Waals surface area contributed by atoms with E-state index in [9.17, 15) is 4.57 Å². The van der Waals surface area contributed by atoms with Crippen molar-refractivity contribution in [3.8, 4) is 5.75 Å². The summed E-state index contributed by atoms with van der Waals surface area (Å²) in [5.74, 6) is 1.25. The van der Waals surface area contributed by atoms with Crippen molar-refractivity contribution in [3.63, 3.8) is 0 Å². The number of thiophene rings is 1. The first kappa shape index (κ1) is 25.7. The minimum atomic E-state index is -3.90. The van der Waals surface area contributed by atoms with Crippen molar-refractivity contribution in [2.24, 2.45) is 0 Å². The molecule has 0 saturated heterocycles. The molecule has 1 aromatic heterocycles. The maximum atomic E-state index is 10.9. The second kappa shape index (κ2) is 12.5. The molecule has 1 atom stereocenters. The minimum Gasteiger partial charge on any atom is -0.494 e. The van der Waals surface area contributed by atoms with Gasteiger partial charge in [0.05, 0.1) is 12.8 Å². The standard InChI is InChI=1S/C26H34NO4PS/c1-20-6-9-23(17-21(20)2)26(24-12-16-33-19-24)5-3-14-31-25-10-7-22(8-11-25)18-27-13-4-15-32(28,29)30/h6-12,16-17,19,26-27H,3-5,13-15,18H2,1-2H3,(H2,28,29,30). The molecule has 1 unspecified atom stereocenters. The average molecular weight is 488 g/mol. The van der Waals surface area contributed by atoms with Crippen LogP contribution in [0.1, 0.15) is 53.0 Å². The lowest BCUT2D eigenvalue weighted by molar-refractivity contribution is 0.304. The summed E-state index contributed by atoms with van der Waals surface area (Å²) in [7, 11) is -3.90. The van der Waals surface area contributed by atoms with Gasteiger partial charge in [-0.3, -0.25) is 4.57 Å². The zero-order valence-corrected chi connectivity index (χ0v) is 21.1. The lowest BCUT2D eigenvalue weighted by atomic mass is 9.87. The Balaban J connectivity index is 1.44. The van der Waals surface area contributed by atoms with Gasteiger partial charge in [-0.1, -0.05) is 30.3 Å². The lowest BCUT2D eigenvalue weighted by Gasteiger charge is -2.18. The van der Waals surface area contributed by atoms with Gasteiger partial charge in [-0.2, -0.15) is 11.3 Å². The van der Waals surface area contributed by atoms with Crippen LogP contribution in [0, 0.1) is 13.8 Å². The quantitative estimate of drug-likeness (QED) is 0.203. The predicted octanol–water partition coefficient (Wildman–Crippen LogP) is 6.01. The first-order valence-electron chi connectivity index (χ1n) is 11.4. The van der Waals surface area contributed by atoms with Gasteiger partial charge >= 0.3 is 7.60 Å². The van der Waals surface area contributed by atoms with Crippen molar-refractivity contribution in [2.45, 2.75) is 45.6 Å². The third-order valence-corrected chi connectivity index (χ3v) is 7.44. The van der Waals surface area contributed by atoms with Gasteiger partial charge in [0.15, 0.2) is 0 Å². The maximum Gasteiger partial charge on any atom is 0.325 e. The molecule has 7 heteroatoms. The molecule has 3 aromatic rings. The summed E-state index contributed by atoms with van der Waals surface area (Å²) in [5.41, 5.74) is 6.52. The smallest absolute Gasteiger partial charge is 0.325 e. The number of nitrogens with one attached hydrogen (secondary N) is 1. The van der Waals surface area contributed by atoms with Crippen LogP contribution in [0.4, 0.5) is 0 Å². The van der Waals surface area contributed by atoms with Gasteiger partial charge in [0.2, 0.25) is 0 Å². The summed E-state index contributed by atoms with van der Waals surface area (Å²) in [4.78, 5) is 17.8. The number of ether oxygens (including phenoxy) is 1. The zero-order valence-electron chi connectivity index (χ0n) is 19.4. The molecule has 0 aliphatic rings. The van der Waals surface area contributed by atoms with Crippen LogP contribution in [-0.2, 0) is 11.1 Å². The van der Waals surface area contributed by atoms with Gasteiger partial charge in [-0.05, 0) is 96.4 Å². The van der Waals surface area contributed by atoms with Gasteiger partial charge in [-0.25, -0.2) is 0 Å². The highest BCUT2D eigenvalue weighted by Gasteiger charge is 2.15. The molecule has 0 fully saturated rings. The highest BCUT2D eigenvalue weighted by atomic mass is 32.1. The molecule has 178 valence electrons. The number of aryl methyl sites for hydroxylation is 2. The Morgan fingerprint density at radius 3 is 2.45 bits per heavy atom. The van der Waals surface area contributed by atoms with E-state index in [1.807, 2.05) is 24.3 Å². The van der Waals surface area contributed by atoms with Crippen LogP contribution in [0.3, 0.4) is 0 Å². The normalized spacial score (nSPS) is 12.6. The van der Waals surface area contributed by atoms with E-state index in [0.717, 1.165) is 24.2 Å². The Bertz CT molecular complexity index is 1030. The van der Waals surface area contributed by atoms with Crippen molar-refractivity contribution in [2.75, 3.05) is 19.3 Å². The van der Waals surface area contributed by atoms with Crippen LogP contribution < -0.4 is 10.1 Å². The molecule has 2 aromatic carbocycles. The summed E-state index contributed by atoms with van der Waals surface area (Å²) in [6.07, 6.45) is 2.38. The number of hydrogen-bond donors (Lipinski definition) is 3. The van der Waals surface area contributed by atoms with Crippen LogP contribution in [0.2, 0.25) is 0 Å². The van der Waals surface area contributed by atoms with E-state index in [-0.39, 0.29) is 6.16 Å². The van der Waals surface area contributed by atoms with Crippen molar-refractivity contribution >= 4 is 18.9 Å². The van der Waals surface area contributed by atoms with Crippen LogP contribution >= 0.6 is 18.9 Å². The minimum absolute atomic E-state index is 0.0798. The Morgan fingerprint density at radius 1 is 1.00 bits per heavy atom. The molecule has 1 heterocycles. The summed E-state index contributed by atoms with van der Waals surface area (Å²) in [5, 5.41) is 7.61. The predicted molar refractivity (Wildman–Crippen MR) is 136 cm³/mol.